The fourth-order valence-electron chi connectivity index (χ4n) is 2.52. The predicted molar refractivity (Wildman–Crippen MR) is 81.2 cm³/mol. The van der Waals surface area contributed by atoms with Crippen LogP contribution in [0.4, 0.5) is 0 Å². The highest BCUT2D eigenvalue weighted by Gasteiger charge is 2.31. The molecule has 112 valence electrons. The topological polar surface area (TPSA) is 58.2 Å². The fourth-order valence-corrected chi connectivity index (χ4v) is 3.49. The Kier molecular flexibility index (Phi) is 5.18. The van der Waals surface area contributed by atoms with Gasteiger partial charge in [-0.05, 0) is 56.8 Å². The van der Waals surface area contributed by atoms with E-state index >= 15 is 0 Å². The zero-order valence-corrected chi connectivity index (χ0v) is 13.0. The number of rotatable bonds is 8. The lowest BCUT2D eigenvalue weighted by Gasteiger charge is -2.19. The molecule has 1 saturated carbocycles. The number of benzene rings is 1. The first kappa shape index (κ1) is 15.5. The monoisotopic (exact) mass is 296 g/mol. The van der Waals surface area contributed by atoms with Gasteiger partial charge in [0.05, 0.1) is 4.90 Å². The van der Waals surface area contributed by atoms with Crippen molar-refractivity contribution in [2.45, 2.75) is 43.5 Å². The normalized spacial score (nSPS) is 17.1. The summed E-state index contributed by atoms with van der Waals surface area (Å²) in [5.41, 5.74) is 0.905. The van der Waals surface area contributed by atoms with Crippen molar-refractivity contribution in [3.63, 3.8) is 0 Å². The molecule has 1 aliphatic rings. The van der Waals surface area contributed by atoms with Crippen molar-refractivity contribution < 1.29 is 8.42 Å². The Balaban J connectivity index is 2.19. The van der Waals surface area contributed by atoms with Crippen LogP contribution in [0, 0.1) is 5.92 Å². The molecular weight excluding hydrogens is 272 g/mol. The van der Waals surface area contributed by atoms with Gasteiger partial charge in [0, 0.05) is 6.04 Å². The molecule has 1 aliphatic carbocycles. The van der Waals surface area contributed by atoms with E-state index in [-0.39, 0.29) is 0 Å². The lowest BCUT2D eigenvalue weighted by atomic mass is 10.0. The highest BCUT2D eigenvalue weighted by atomic mass is 32.2. The largest absolute Gasteiger partial charge is 0.313 e. The smallest absolute Gasteiger partial charge is 0.240 e. The average Bonchev–Trinajstić information content (AvgIpc) is 3.28. The summed E-state index contributed by atoms with van der Waals surface area (Å²) in [5.74, 6) is 0.701. The second-order valence-corrected chi connectivity index (χ2v) is 7.27. The average molecular weight is 296 g/mol. The molecule has 1 aromatic rings. The Bertz CT molecular complexity index is 539. The van der Waals surface area contributed by atoms with E-state index in [2.05, 4.69) is 17.0 Å². The second-order valence-electron chi connectivity index (χ2n) is 5.42. The summed E-state index contributed by atoms with van der Waals surface area (Å²) in [7, 11) is -1.92. The predicted octanol–water partition coefficient (Wildman–Crippen LogP) is 1.92. The van der Waals surface area contributed by atoms with Crippen LogP contribution >= 0.6 is 0 Å². The Hall–Kier alpha value is -0.910. The minimum atomic E-state index is -3.38. The maximum absolute atomic E-state index is 12.1. The lowest BCUT2D eigenvalue weighted by Crippen LogP contribution is -2.34. The summed E-state index contributed by atoms with van der Waals surface area (Å²) in [5, 5.41) is 3.56. The molecule has 1 atom stereocenters. The third-order valence-electron chi connectivity index (χ3n) is 3.82. The molecule has 1 fully saturated rings. The number of hydrogen-bond donors (Lipinski definition) is 2. The minimum Gasteiger partial charge on any atom is -0.313 e. The van der Waals surface area contributed by atoms with E-state index in [1.165, 1.54) is 19.9 Å². The van der Waals surface area contributed by atoms with Crippen molar-refractivity contribution in [3.8, 4) is 0 Å². The van der Waals surface area contributed by atoms with Crippen LogP contribution < -0.4 is 10.0 Å². The summed E-state index contributed by atoms with van der Waals surface area (Å²) in [4.78, 5) is 0.409. The van der Waals surface area contributed by atoms with Crippen LogP contribution in [0.5, 0.6) is 0 Å². The van der Waals surface area contributed by atoms with Crippen molar-refractivity contribution >= 4 is 10.0 Å². The van der Waals surface area contributed by atoms with Gasteiger partial charge in [-0.3, -0.25) is 0 Å². The van der Waals surface area contributed by atoms with Crippen LogP contribution in [0.15, 0.2) is 29.2 Å². The fraction of sp³-hybridized carbons (Fsp3) is 0.600. The molecule has 2 rings (SSSR count). The maximum atomic E-state index is 12.1. The molecule has 0 radical (unpaired) electrons. The molecule has 2 N–H and O–H groups in total. The van der Waals surface area contributed by atoms with Crippen molar-refractivity contribution in [2.75, 3.05) is 13.6 Å². The molecule has 0 spiro atoms. The van der Waals surface area contributed by atoms with Crippen LogP contribution in [0.25, 0.3) is 0 Å². The van der Waals surface area contributed by atoms with Gasteiger partial charge in [-0.25, -0.2) is 13.1 Å². The third-order valence-corrected chi connectivity index (χ3v) is 5.33. The molecule has 0 aromatic heterocycles. The molecule has 0 aliphatic heterocycles. The first-order chi connectivity index (χ1) is 9.58. The van der Waals surface area contributed by atoms with E-state index in [1.54, 1.807) is 12.1 Å². The van der Waals surface area contributed by atoms with Crippen molar-refractivity contribution in [1.82, 2.24) is 10.0 Å². The first-order valence-electron chi connectivity index (χ1n) is 7.33. The van der Waals surface area contributed by atoms with Gasteiger partial charge in [-0.1, -0.05) is 25.1 Å². The molecule has 5 heteroatoms. The van der Waals surface area contributed by atoms with Gasteiger partial charge in [0.2, 0.25) is 10.0 Å². The maximum Gasteiger partial charge on any atom is 0.240 e. The zero-order chi connectivity index (χ0) is 14.6. The Morgan fingerprint density at radius 2 is 2.00 bits per heavy atom. The first-order valence-corrected chi connectivity index (χ1v) is 8.81. The molecular formula is C15H24N2O2S. The highest BCUT2D eigenvalue weighted by Crippen LogP contribution is 2.34. The standard InChI is InChI=1S/C15H24N2O2S/c1-3-10-17-14(12-8-9-12)11-13-6-4-5-7-15(13)20(18,19)16-2/h4-7,12,14,16-17H,3,8-11H2,1-2H3. The van der Waals surface area contributed by atoms with E-state index < -0.39 is 10.0 Å². The van der Waals surface area contributed by atoms with Gasteiger partial charge in [-0.2, -0.15) is 0 Å². The summed E-state index contributed by atoms with van der Waals surface area (Å²) in [6.07, 6.45) is 4.38. The molecule has 0 amide bonds. The molecule has 4 nitrogen and oxygen atoms in total. The van der Waals surface area contributed by atoms with Gasteiger partial charge in [0.15, 0.2) is 0 Å². The van der Waals surface area contributed by atoms with Crippen LogP contribution in [-0.2, 0) is 16.4 Å². The van der Waals surface area contributed by atoms with Crippen LogP contribution in [0.2, 0.25) is 0 Å². The van der Waals surface area contributed by atoms with Gasteiger partial charge >= 0.3 is 0 Å². The molecule has 0 bridgehead atoms. The van der Waals surface area contributed by atoms with Crippen LogP contribution in [0.3, 0.4) is 0 Å². The van der Waals surface area contributed by atoms with Crippen molar-refractivity contribution in [2.24, 2.45) is 5.92 Å². The van der Waals surface area contributed by atoms with Crippen LogP contribution in [-0.4, -0.2) is 28.1 Å². The molecule has 1 unspecified atom stereocenters. The Morgan fingerprint density at radius 1 is 1.30 bits per heavy atom. The summed E-state index contributed by atoms with van der Waals surface area (Å²) >= 11 is 0. The molecule has 1 aromatic carbocycles. The summed E-state index contributed by atoms with van der Waals surface area (Å²) in [6.45, 7) is 3.14. The van der Waals surface area contributed by atoms with Gasteiger partial charge < -0.3 is 5.32 Å². The van der Waals surface area contributed by atoms with E-state index in [0.717, 1.165) is 24.9 Å². The minimum absolute atomic E-state index is 0.392. The zero-order valence-electron chi connectivity index (χ0n) is 12.2. The summed E-state index contributed by atoms with van der Waals surface area (Å²) in [6, 6.07) is 7.69. The van der Waals surface area contributed by atoms with Crippen molar-refractivity contribution in [3.05, 3.63) is 29.8 Å². The van der Waals surface area contributed by atoms with E-state index in [9.17, 15) is 8.42 Å². The van der Waals surface area contributed by atoms with Gasteiger partial charge in [-0.15, -0.1) is 0 Å². The molecule has 20 heavy (non-hydrogen) atoms. The van der Waals surface area contributed by atoms with E-state index in [1.807, 2.05) is 12.1 Å². The van der Waals surface area contributed by atoms with E-state index in [4.69, 9.17) is 0 Å². The third kappa shape index (κ3) is 3.81. The Morgan fingerprint density at radius 3 is 2.60 bits per heavy atom. The molecule has 0 heterocycles. The number of sulfonamides is 1. The number of hydrogen-bond acceptors (Lipinski definition) is 3. The highest BCUT2D eigenvalue weighted by molar-refractivity contribution is 7.89. The summed E-state index contributed by atoms with van der Waals surface area (Å²) < 4.78 is 26.6. The van der Waals surface area contributed by atoms with E-state index in [0.29, 0.717) is 16.9 Å². The van der Waals surface area contributed by atoms with Gasteiger partial charge in [0.1, 0.15) is 0 Å². The number of nitrogens with one attached hydrogen (secondary N) is 2. The second kappa shape index (κ2) is 6.70. The Labute approximate surface area is 122 Å². The lowest BCUT2D eigenvalue weighted by molar-refractivity contribution is 0.457. The van der Waals surface area contributed by atoms with Crippen LogP contribution in [0.1, 0.15) is 31.7 Å². The quantitative estimate of drug-likeness (QED) is 0.770. The van der Waals surface area contributed by atoms with Gasteiger partial charge in [0.25, 0.3) is 0 Å². The molecule has 0 saturated heterocycles. The van der Waals surface area contributed by atoms with Crippen molar-refractivity contribution in [1.29, 1.82) is 0 Å². The SMILES string of the molecule is CCCNC(Cc1ccccc1S(=O)(=O)NC)C1CC1.